The highest BCUT2D eigenvalue weighted by Crippen LogP contribution is 2.26. The van der Waals surface area contributed by atoms with Crippen molar-refractivity contribution in [3.05, 3.63) is 57.8 Å². The summed E-state index contributed by atoms with van der Waals surface area (Å²) in [6, 6.07) is 9.55. The molecule has 3 N–H and O–H groups in total. The van der Waals surface area contributed by atoms with Crippen LogP contribution < -0.4 is 10.5 Å². The number of nitrogens with two attached hydrogens (primary N) is 1. The second-order valence-electron chi connectivity index (χ2n) is 4.50. The van der Waals surface area contributed by atoms with Crippen LogP contribution in [-0.2, 0) is 16.6 Å². The summed E-state index contributed by atoms with van der Waals surface area (Å²) >= 11 is 3.17. The minimum atomic E-state index is -4.03. The van der Waals surface area contributed by atoms with Crippen LogP contribution in [0, 0.1) is 12.7 Å². The van der Waals surface area contributed by atoms with Gasteiger partial charge in [-0.3, -0.25) is 4.72 Å². The fraction of sp³-hybridized carbons (Fsp3) is 0.143. The first kappa shape index (κ1) is 15.9. The van der Waals surface area contributed by atoms with E-state index in [0.29, 0.717) is 10.2 Å². The molecule has 21 heavy (non-hydrogen) atoms. The number of nitrogens with one attached hydrogen (secondary N) is 1. The third-order valence-corrected chi connectivity index (χ3v) is 4.80. The van der Waals surface area contributed by atoms with Gasteiger partial charge in [0, 0.05) is 16.6 Å². The van der Waals surface area contributed by atoms with Gasteiger partial charge in [0.15, 0.2) is 0 Å². The lowest BCUT2D eigenvalue weighted by atomic mass is 10.2. The fourth-order valence-corrected chi connectivity index (χ4v) is 3.78. The van der Waals surface area contributed by atoms with E-state index in [9.17, 15) is 12.8 Å². The normalized spacial score (nSPS) is 11.4. The largest absolute Gasteiger partial charge is 0.326 e. The first-order valence-corrected chi connectivity index (χ1v) is 8.39. The number of sulfonamides is 1. The SMILES string of the molecule is Cc1ccccc1NS(=O)(=O)c1cc(Br)cc(CN)c1F. The number of rotatable bonds is 4. The molecule has 7 heteroatoms. The van der Waals surface area contributed by atoms with Gasteiger partial charge in [-0.15, -0.1) is 0 Å². The minimum absolute atomic E-state index is 0.0852. The van der Waals surface area contributed by atoms with Gasteiger partial charge in [0.05, 0.1) is 5.69 Å². The molecule has 0 fully saturated rings. The van der Waals surface area contributed by atoms with Gasteiger partial charge >= 0.3 is 0 Å². The molecule has 0 amide bonds. The highest BCUT2D eigenvalue weighted by atomic mass is 79.9. The molecule has 0 radical (unpaired) electrons. The lowest BCUT2D eigenvalue weighted by Gasteiger charge is -2.13. The molecule has 2 rings (SSSR count). The summed E-state index contributed by atoms with van der Waals surface area (Å²) in [5.41, 5.74) is 6.72. The Morgan fingerprint density at radius 2 is 1.95 bits per heavy atom. The molecule has 0 heterocycles. The molecule has 0 saturated carbocycles. The predicted molar refractivity (Wildman–Crippen MR) is 84.0 cm³/mol. The first-order valence-electron chi connectivity index (χ1n) is 6.11. The summed E-state index contributed by atoms with van der Waals surface area (Å²) in [6.45, 7) is 1.68. The Kier molecular flexibility index (Phi) is 4.65. The van der Waals surface area contributed by atoms with Crippen molar-refractivity contribution in [2.24, 2.45) is 5.73 Å². The van der Waals surface area contributed by atoms with Gasteiger partial charge in [-0.25, -0.2) is 12.8 Å². The van der Waals surface area contributed by atoms with Crippen LogP contribution in [0.4, 0.5) is 10.1 Å². The van der Waals surface area contributed by atoms with Crippen molar-refractivity contribution >= 4 is 31.6 Å². The van der Waals surface area contributed by atoms with Gasteiger partial charge in [0.25, 0.3) is 10.0 Å². The van der Waals surface area contributed by atoms with Crippen LogP contribution in [-0.4, -0.2) is 8.42 Å². The van der Waals surface area contributed by atoms with Crippen molar-refractivity contribution in [3.8, 4) is 0 Å². The quantitative estimate of drug-likeness (QED) is 0.865. The van der Waals surface area contributed by atoms with Crippen molar-refractivity contribution < 1.29 is 12.8 Å². The van der Waals surface area contributed by atoms with E-state index in [4.69, 9.17) is 5.73 Å². The average Bonchev–Trinajstić information content (AvgIpc) is 2.43. The standard InChI is InChI=1S/C14H14BrFN2O2S/c1-9-4-2-3-5-12(9)18-21(19,20)13-7-11(15)6-10(8-17)14(13)16/h2-7,18H,8,17H2,1H3. The van der Waals surface area contributed by atoms with E-state index in [2.05, 4.69) is 20.7 Å². The monoisotopic (exact) mass is 372 g/mol. The van der Waals surface area contributed by atoms with Crippen LogP contribution in [0.3, 0.4) is 0 Å². The molecule has 0 aliphatic rings. The number of halogens is 2. The summed E-state index contributed by atoms with van der Waals surface area (Å²) < 4.78 is 41.8. The zero-order valence-electron chi connectivity index (χ0n) is 11.2. The molecule has 0 saturated heterocycles. The molecule has 0 aliphatic carbocycles. The van der Waals surface area contributed by atoms with Crippen LogP contribution in [0.15, 0.2) is 45.8 Å². The maximum Gasteiger partial charge on any atom is 0.264 e. The van der Waals surface area contributed by atoms with E-state index in [1.165, 1.54) is 12.1 Å². The third-order valence-electron chi connectivity index (χ3n) is 2.98. The molecular weight excluding hydrogens is 359 g/mol. The van der Waals surface area contributed by atoms with E-state index in [1.807, 2.05) is 0 Å². The Morgan fingerprint density at radius 3 is 2.57 bits per heavy atom. The number of hydrogen-bond donors (Lipinski definition) is 2. The van der Waals surface area contributed by atoms with Crippen molar-refractivity contribution in [1.82, 2.24) is 0 Å². The summed E-state index contributed by atoms with van der Waals surface area (Å²) in [5, 5.41) is 0. The zero-order valence-corrected chi connectivity index (χ0v) is 13.6. The van der Waals surface area contributed by atoms with E-state index in [0.717, 1.165) is 5.56 Å². The van der Waals surface area contributed by atoms with Crippen LogP contribution in [0.25, 0.3) is 0 Å². The van der Waals surface area contributed by atoms with Crippen molar-refractivity contribution in [1.29, 1.82) is 0 Å². The van der Waals surface area contributed by atoms with Gasteiger partial charge < -0.3 is 5.73 Å². The van der Waals surface area contributed by atoms with Crippen LogP contribution in [0.1, 0.15) is 11.1 Å². The lowest BCUT2D eigenvalue weighted by Crippen LogP contribution is -2.17. The zero-order chi connectivity index (χ0) is 15.6. The Morgan fingerprint density at radius 1 is 1.29 bits per heavy atom. The smallest absolute Gasteiger partial charge is 0.264 e. The van der Waals surface area contributed by atoms with Gasteiger partial charge in [0.2, 0.25) is 0 Å². The summed E-state index contributed by atoms with van der Waals surface area (Å²) in [4.78, 5) is -0.430. The molecule has 4 nitrogen and oxygen atoms in total. The predicted octanol–water partition coefficient (Wildman–Crippen LogP) is 3.16. The molecule has 0 bridgehead atoms. The summed E-state index contributed by atoms with van der Waals surface area (Å²) in [6.07, 6.45) is 0. The van der Waals surface area contributed by atoms with E-state index in [-0.39, 0.29) is 12.1 Å². The number of anilines is 1. The Labute approximate surface area is 131 Å². The first-order chi connectivity index (χ1) is 9.85. The highest BCUT2D eigenvalue weighted by Gasteiger charge is 2.22. The minimum Gasteiger partial charge on any atom is -0.326 e. The van der Waals surface area contributed by atoms with Gasteiger partial charge in [-0.05, 0) is 30.7 Å². The fourth-order valence-electron chi connectivity index (χ4n) is 1.85. The molecule has 112 valence electrons. The average molecular weight is 373 g/mol. The number of para-hydroxylation sites is 1. The lowest BCUT2D eigenvalue weighted by molar-refractivity contribution is 0.560. The molecule has 0 aromatic heterocycles. The Hall–Kier alpha value is -1.44. The van der Waals surface area contributed by atoms with Gasteiger partial charge in [-0.2, -0.15) is 0 Å². The maximum atomic E-state index is 14.2. The maximum absolute atomic E-state index is 14.2. The number of benzene rings is 2. The summed E-state index contributed by atoms with van der Waals surface area (Å²) in [7, 11) is -4.03. The molecule has 2 aromatic rings. The van der Waals surface area contributed by atoms with Crippen LogP contribution in [0.5, 0.6) is 0 Å². The van der Waals surface area contributed by atoms with Crippen molar-refractivity contribution in [2.75, 3.05) is 4.72 Å². The molecular formula is C14H14BrFN2O2S. The molecule has 0 spiro atoms. The van der Waals surface area contributed by atoms with Crippen LogP contribution in [0.2, 0.25) is 0 Å². The Balaban J connectivity index is 2.50. The van der Waals surface area contributed by atoms with E-state index >= 15 is 0 Å². The number of aryl methyl sites for hydroxylation is 1. The topological polar surface area (TPSA) is 72.2 Å². The molecule has 0 atom stereocenters. The molecule has 0 unspecified atom stereocenters. The van der Waals surface area contributed by atoms with Crippen molar-refractivity contribution in [2.45, 2.75) is 18.4 Å². The number of hydrogen-bond acceptors (Lipinski definition) is 3. The second-order valence-corrected chi connectivity index (χ2v) is 7.07. The van der Waals surface area contributed by atoms with Crippen molar-refractivity contribution in [3.63, 3.8) is 0 Å². The van der Waals surface area contributed by atoms with Crippen LogP contribution >= 0.6 is 15.9 Å². The second kappa shape index (κ2) is 6.13. The molecule has 2 aromatic carbocycles. The van der Waals surface area contributed by atoms with E-state index < -0.39 is 20.7 Å². The highest BCUT2D eigenvalue weighted by molar-refractivity contribution is 9.10. The van der Waals surface area contributed by atoms with Gasteiger partial charge in [-0.1, -0.05) is 34.1 Å². The van der Waals surface area contributed by atoms with E-state index in [1.54, 1.807) is 31.2 Å². The summed E-state index contributed by atoms with van der Waals surface area (Å²) in [5.74, 6) is -0.832. The Bertz CT molecular complexity index is 779. The van der Waals surface area contributed by atoms with Gasteiger partial charge in [0.1, 0.15) is 10.7 Å². The molecule has 0 aliphatic heterocycles. The third kappa shape index (κ3) is 3.42.